The van der Waals surface area contributed by atoms with E-state index in [2.05, 4.69) is 78.1 Å². The van der Waals surface area contributed by atoms with Gasteiger partial charge in [-0.15, -0.1) is 11.8 Å². The number of carbonyl (C=O) groups is 12. The lowest BCUT2D eigenvalue weighted by atomic mass is 10.0. The first-order valence-electron chi connectivity index (χ1n) is 28.7. The first-order valence-corrected chi connectivity index (χ1v) is 31.3. The number of thiol groups is 2. The summed E-state index contributed by atoms with van der Waals surface area (Å²) in [6.45, 7) is 3.21. The molecule has 3 saturated heterocycles. The first kappa shape index (κ1) is 69.1. The van der Waals surface area contributed by atoms with Crippen LogP contribution in [0.4, 0.5) is 0 Å². The van der Waals surface area contributed by atoms with E-state index in [1.165, 1.54) is 23.6 Å². The van der Waals surface area contributed by atoms with Gasteiger partial charge in [0, 0.05) is 60.5 Å². The minimum atomic E-state index is -1.71. The molecule has 3 aliphatic heterocycles. The van der Waals surface area contributed by atoms with Crippen molar-refractivity contribution in [1.82, 2.24) is 67.5 Å². The Morgan fingerprint density at radius 1 is 0.776 bits per heavy atom. The van der Waals surface area contributed by atoms with Crippen molar-refractivity contribution in [3.8, 4) is 0 Å². The third-order valence-corrected chi connectivity index (χ3v) is 16.1. The lowest BCUT2D eigenvalue weighted by Gasteiger charge is -2.30. The number of thioether (sulfide) groups is 1. The standard InChI is InChI=1S/C55H84N14O13S3/c1-31(60-30-85-5)47(73)57-20-10-8-16-37-51(77)65-39(53(79)68-22-12-18-42(68)46(56)72)25-44(70)62-40(28-83)49(75)59-27-45(71)61-36(17-9-11-21-67(3)4)50(76)64-38(24-33-26-58-35-15-7-6-14-34(33)35)52(78)66-41(29-84)54(80)69-23-13-19-43(69)55(81)82-32(2)48(74)63-37/h6-7,14-15,26,31-32,36-43,58,60,83-84H,8-13,16-25,27-30H2,1-5H3,(H2,56,72)(H,57,73)(H,59,75)(H,61,71)(H,62,70)(H,63,74)(H,64,76)(H,65,77)(H,66,78)/t31-,32-,36-,37-,38-,39-,40-,41-,42-,43-/m0/s1. The Hall–Kier alpha value is -6.63. The van der Waals surface area contributed by atoms with Gasteiger partial charge in [-0.2, -0.15) is 25.3 Å². The Labute approximate surface area is 510 Å². The molecule has 85 heavy (non-hydrogen) atoms. The maximum Gasteiger partial charge on any atom is 0.329 e. The number of carbonyl (C=O) groups excluding carboxylic acids is 12. The van der Waals surface area contributed by atoms with E-state index >= 15 is 0 Å². The van der Waals surface area contributed by atoms with Crippen LogP contribution in [0.1, 0.15) is 90.0 Å². The van der Waals surface area contributed by atoms with Crippen LogP contribution < -0.4 is 53.6 Å². The zero-order valence-electron chi connectivity index (χ0n) is 48.8. The van der Waals surface area contributed by atoms with Crippen LogP contribution in [0.5, 0.6) is 0 Å². The SMILES string of the molecule is CSCN[C@@H](C)C(=O)NCCCC[C@@H]1NC(=O)[C@H](C)OC(=O)[C@@H]2CCCN2C(=O)[C@H](CS)NC(=O)[C@H](Cc2c[nH]c3ccccc23)NC(=O)[C@H](CCCCN(C)C)NC(=O)CNC(=O)[C@H](CS)NC(=O)C[C@@H](C(=O)N2CCC[C@H]2C(N)=O)NC1=O. The number of amides is 11. The fraction of sp³-hybridized carbons (Fsp3) is 0.636. The number of H-pyrrole nitrogens is 1. The van der Waals surface area contributed by atoms with Crippen LogP contribution in [0, 0.1) is 0 Å². The summed E-state index contributed by atoms with van der Waals surface area (Å²) in [6.07, 6.45) is 3.72. The number of nitrogens with zero attached hydrogens (tertiary/aromatic N) is 3. The topological polar surface area (TPSA) is 374 Å². The summed E-state index contributed by atoms with van der Waals surface area (Å²) in [7, 11) is 3.76. The number of nitrogens with one attached hydrogen (secondary N) is 10. The largest absolute Gasteiger partial charge is 0.451 e. The molecule has 30 heteroatoms. The number of aromatic nitrogens is 1. The molecule has 0 saturated carbocycles. The molecule has 0 aliphatic carbocycles. The molecule has 0 unspecified atom stereocenters. The second kappa shape index (κ2) is 34.5. The van der Waals surface area contributed by atoms with E-state index in [1.54, 1.807) is 13.1 Å². The Bertz CT molecular complexity index is 2700. The number of hydrogen-bond acceptors (Lipinski definition) is 18. The van der Waals surface area contributed by atoms with Crippen molar-refractivity contribution in [2.45, 2.75) is 151 Å². The molecule has 0 bridgehead atoms. The highest BCUT2D eigenvalue weighted by Crippen LogP contribution is 2.23. The molecular formula is C55H84N14O13S3. The van der Waals surface area contributed by atoms with Gasteiger partial charge < -0.3 is 72.7 Å². The third kappa shape index (κ3) is 20.8. The van der Waals surface area contributed by atoms with Gasteiger partial charge in [-0.25, -0.2) is 4.79 Å². The van der Waals surface area contributed by atoms with Crippen LogP contribution in [-0.4, -0.2) is 222 Å². The maximum atomic E-state index is 14.5. The number of hydrogen-bond donors (Lipinski definition) is 13. The van der Waals surface area contributed by atoms with Gasteiger partial charge in [-0.3, -0.25) is 58.1 Å². The normalized spacial score (nSPS) is 25.3. The monoisotopic (exact) mass is 1240 g/mol. The molecule has 4 heterocycles. The molecular weight excluding hydrogens is 1160 g/mol. The van der Waals surface area contributed by atoms with Gasteiger partial charge in [0.25, 0.3) is 5.91 Å². The second-order valence-electron chi connectivity index (χ2n) is 21.6. The van der Waals surface area contributed by atoms with Crippen LogP contribution in [-0.2, 0) is 68.7 Å². The Kier molecular flexibility index (Phi) is 28.1. The fourth-order valence-electron chi connectivity index (χ4n) is 10.2. The molecule has 1 aromatic carbocycles. The third-order valence-electron chi connectivity index (χ3n) is 14.9. The average molecular weight is 1250 g/mol. The lowest BCUT2D eigenvalue weighted by molar-refractivity contribution is -0.162. The number of para-hydroxylation sites is 1. The van der Waals surface area contributed by atoms with Gasteiger partial charge in [-0.1, -0.05) is 18.2 Å². The highest BCUT2D eigenvalue weighted by molar-refractivity contribution is 7.98. The van der Waals surface area contributed by atoms with Crippen LogP contribution in [0.25, 0.3) is 10.9 Å². The average Bonchev–Trinajstić information content (AvgIpc) is 4.32. The van der Waals surface area contributed by atoms with Crippen LogP contribution >= 0.6 is 37.0 Å². The van der Waals surface area contributed by atoms with Crippen molar-refractivity contribution >= 4 is 119 Å². The van der Waals surface area contributed by atoms with E-state index in [0.717, 1.165) is 15.8 Å². The number of cyclic esters (lactones) is 1. The smallest absolute Gasteiger partial charge is 0.329 e. The number of primary amides is 1. The molecule has 12 N–H and O–H groups in total. The highest BCUT2D eigenvalue weighted by atomic mass is 32.2. The first-order chi connectivity index (χ1) is 40.6. The molecule has 0 radical (unpaired) electrons. The van der Waals surface area contributed by atoms with Crippen LogP contribution in [0.2, 0.25) is 0 Å². The summed E-state index contributed by atoms with van der Waals surface area (Å²) < 4.78 is 5.67. The lowest BCUT2D eigenvalue weighted by Crippen LogP contribution is -2.59. The summed E-state index contributed by atoms with van der Waals surface area (Å²) in [6, 6.07) is -4.04. The number of ether oxygens (including phenoxy) is 1. The van der Waals surface area contributed by atoms with Crippen molar-refractivity contribution < 1.29 is 62.3 Å². The molecule has 0 spiro atoms. The van der Waals surface area contributed by atoms with Crippen molar-refractivity contribution in [2.75, 3.05) is 70.5 Å². The molecule has 11 amide bonds. The van der Waals surface area contributed by atoms with Crippen LogP contribution in [0.15, 0.2) is 30.5 Å². The van der Waals surface area contributed by atoms with E-state index < -0.39 is 138 Å². The molecule has 1 aromatic heterocycles. The number of esters is 1. The zero-order valence-corrected chi connectivity index (χ0v) is 51.4. The van der Waals surface area contributed by atoms with E-state index in [4.69, 9.17) is 10.5 Å². The van der Waals surface area contributed by atoms with Crippen molar-refractivity contribution in [3.63, 3.8) is 0 Å². The number of likely N-dealkylation sites (tertiary alicyclic amines) is 1. The Balaban J connectivity index is 1.49. The predicted molar refractivity (Wildman–Crippen MR) is 323 cm³/mol. The van der Waals surface area contributed by atoms with Gasteiger partial charge in [0.1, 0.15) is 48.3 Å². The van der Waals surface area contributed by atoms with Crippen molar-refractivity contribution in [2.24, 2.45) is 5.73 Å². The summed E-state index contributed by atoms with van der Waals surface area (Å²) in [5, 5.41) is 24.9. The predicted octanol–water partition coefficient (Wildman–Crippen LogP) is -2.29. The number of aromatic amines is 1. The summed E-state index contributed by atoms with van der Waals surface area (Å²) >= 11 is 10.2. The van der Waals surface area contributed by atoms with Gasteiger partial charge in [0.15, 0.2) is 6.10 Å². The Morgan fingerprint density at radius 3 is 2.11 bits per heavy atom. The molecule has 2 aromatic rings. The number of unbranched alkanes of at least 4 members (excludes halogenated alkanes) is 2. The summed E-state index contributed by atoms with van der Waals surface area (Å²) in [5.74, 6) is -9.75. The number of rotatable bonds is 20. The van der Waals surface area contributed by atoms with Gasteiger partial charge >= 0.3 is 5.97 Å². The summed E-state index contributed by atoms with van der Waals surface area (Å²) in [5.41, 5.74) is 7.06. The van der Waals surface area contributed by atoms with Crippen LogP contribution in [0.3, 0.4) is 0 Å². The molecule has 27 nitrogen and oxygen atoms in total. The maximum absolute atomic E-state index is 14.5. The molecule has 3 aliphatic rings. The number of fused-ring (bicyclic) bond motifs is 2. The number of nitrogens with two attached hydrogens (primary N) is 1. The van der Waals surface area contributed by atoms with Gasteiger partial charge in [0.2, 0.25) is 59.1 Å². The second-order valence-corrected chi connectivity index (χ2v) is 23.2. The zero-order chi connectivity index (χ0) is 62.3. The van der Waals surface area contributed by atoms with E-state index in [-0.39, 0.29) is 75.6 Å². The minimum Gasteiger partial charge on any atom is -0.451 e. The van der Waals surface area contributed by atoms with Crippen molar-refractivity contribution in [3.05, 3.63) is 36.0 Å². The summed E-state index contributed by atoms with van der Waals surface area (Å²) in [4.78, 5) is 174. The minimum absolute atomic E-state index is 0.0441. The van der Waals surface area contributed by atoms with Gasteiger partial charge in [0.05, 0.1) is 19.0 Å². The van der Waals surface area contributed by atoms with Crippen molar-refractivity contribution in [1.29, 1.82) is 0 Å². The number of benzene rings is 1. The van der Waals surface area contributed by atoms with Gasteiger partial charge in [-0.05, 0) is 117 Å². The molecule has 10 atom stereocenters. The molecule has 3 fully saturated rings. The quantitative estimate of drug-likeness (QED) is 0.0287. The highest BCUT2D eigenvalue weighted by Gasteiger charge is 2.42. The fourth-order valence-corrected chi connectivity index (χ4v) is 11.1. The molecule has 470 valence electrons. The Morgan fingerprint density at radius 2 is 1.41 bits per heavy atom. The van der Waals surface area contributed by atoms with E-state index in [1.807, 2.05) is 49.5 Å². The molecule has 5 rings (SSSR count). The van der Waals surface area contributed by atoms with E-state index in [0.29, 0.717) is 50.1 Å². The van der Waals surface area contributed by atoms with E-state index in [9.17, 15) is 57.5 Å².